The highest BCUT2D eigenvalue weighted by Gasteiger charge is 2.19. The molecule has 0 aromatic carbocycles. The highest BCUT2D eigenvalue weighted by atomic mass is 32.2. The van der Waals surface area contributed by atoms with E-state index in [1.807, 2.05) is 0 Å². The van der Waals surface area contributed by atoms with E-state index in [0.29, 0.717) is 6.54 Å². The van der Waals surface area contributed by atoms with Crippen LogP contribution in [-0.2, 0) is 27.4 Å². The maximum Gasteiger partial charge on any atom is 0.267 e. The molecular weight excluding hydrogens is 302 g/mol. The number of carbonyl (C=O) groups is 1. The molecule has 2 atom stereocenters. The molecule has 0 fully saturated rings. The molecule has 2 unspecified atom stereocenters. The Bertz CT molecular complexity index is 622. The van der Waals surface area contributed by atoms with Gasteiger partial charge in [0.2, 0.25) is 10.0 Å². The van der Waals surface area contributed by atoms with Gasteiger partial charge in [-0.2, -0.15) is 0 Å². The SMILES string of the molecule is CCn1cc(S(N)(=O)=O)cc1C(=O)NCC(C)S(C)=O. The molecule has 9 heteroatoms. The number of nitrogens with two attached hydrogens (primary N) is 1. The van der Waals surface area contributed by atoms with Crippen LogP contribution in [0.25, 0.3) is 0 Å². The predicted octanol–water partition coefficient (Wildman–Crippen LogP) is -0.348. The first-order valence-electron chi connectivity index (χ1n) is 6.00. The third kappa shape index (κ3) is 4.15. The maximum absolute atomic E-state index is 12.0. The fraction of sp³-hybridized carbons (Fsp3) is 0.545. The van der Waals surface area contributed by atoms with Gasteiger partial charge in [0.15, 0.2) is 0 Å². The number of hydrogen-bond acceptors (Lipinski definition) is 4. The molecule has 1 rings (SSSR count). The molecule has 0 bridgehead atoms. The van der Waals surface area contributed by atoms with Crippen molar-refractivity contribution in [2.45, 2.75) is 30.5 Å². The van der Waals surface area contributed by atoms with Crippen LogP contribution >= 0.6 is 0 Å². The zero-order valence-electron chi connectivity index (χ0n) is 11.6. The third-order valence-electron chi connectivity index (χ3n) is 2.89. The lowest BCUT2D eigenvalue weighted by Crippen LogP contribution is -2.33. The number of hydrogen-bond donors (Lipinski definition) is 2. The van der Waals surface area contributed by atoms with Gasteiger partial charge in [0, 0.05) is 41.6 Å². The minimum atomic E-state index is -3.84. The summed E-state index contributed by atoms with van der Waals surface area (Å²) in [5, 5.41) is 7.49. The molecule has 3 N–H and O–H groups in total. The van der Waals surface area contributed by atoms with E-state index >= 15 is 0 Å². The lowest BCUT2D eigenvalue weighted by Gasteiger charge is -2.11. The van der Waals surface area contributed by atoms with Crippen molar-refractivity contribution in [1.29, 1.82) is 0 Å². The normalized spacial score (nSPS) is 14.8. The summed E-state index contributed by atoms with van der Waals surface area (Å²) in [4.78, 5) is 11.9. The third-order valence-corrected chi connectivity index (χ3v) is 5.07. The Labute approximate surface area is 121 Å². The lowest BCUT2D eigenvalue weighted by atomic mass is 10.3. The second-order valence-corrected chi connectivity index (χ2v) is 7.77. The van der Waals surface area contributed by atoms with Gasteiger partial charge < -0.3 is 9.88 Å². The zero-order chi connectivity index (χ0) is 15.5. The van der Waals surface area contributed by atoms with Crippen molar-refractivity contribution in [1.82, 2.24) is 9.88 Å². The van der Waals surface area contributed by atoms with Crippen LogP contribution in [-0.4, -0.2) is 41.2 Å². The molecule has 0 spiro atoms. The number of sulfonamides is 1. The van der Waals surface area contributed by atoms with Crippen LogP contribution in [0.2, 0.25) is 0 Å². The molecule has 1 amide bonds. The minimum absolute atomic E-state index is 0.100. The van der Waals surface area contributed by atoms with Gasteiger partial charge >= 0.3 is 0 Å². The Morgan fingerprint density at radius 2 is 2.15 bits per heavy atom. The van der Waals surface area contributed by atoms with Crippen LogP contribution in [0, 0.1) is 0 Å². The van der Waals surface area contributed by atoms with Crippen LogP contribution in [0.15, 0.2) is 17.2 Å². The van der Waals surface area contributed by atoms with Crippen LogP contribution in [0.3, 0.4) is 0 Å². The fourth-order valence-electron chi connectivity index (χ4n) is 1.54. The Balaban J connectivity index is 2.93. The van der Waals surface area contributed by atoms with Crippen LogP contribution in [0.4, 0.5) is 0 Å². The van der Waals surface area contributed by atoms with Gasteiger partial charge in [-0.3, -0.25) is 9.00 Å². The highest BCUT2D eigenvalue weighted by Crippen LogP contribution is 2.13. The van der Waals surface area contributed by atoms with E-state index < -0.39 is 26.7 Å². The van der Waals surface area contributed by atoms with Crippen molar-refractivity contribution in [3.05, 3.63) is 18.0 Å². The number of aromatic nitrogens is 1. The summed E-state index contributed by atoms with van der Waals surface area (Å²) >= 11 is 0. The summed E-state index contributed by atoms with van der Waals surface area (Å²) in [5.41, 5.74) is 0.214. The molecular formula is C11H19N3O4S2. The molecule has 0 aliphatic rings. The van der Waals surface area contributed by atoms with Crippen molar-refractivity contribution in [2.24, 2.45) is 5.14 Å². The Kier molecular flexibility index (Phi) is 5.49. The molecule has 0 saturated heterocycles. The van der Waals surface area contributed by atoms with E-state index in [2.05, 4.69) is 5.32 Å². The van der Waals surface area contributed by atoms with Crippen LogP contribution in [0.1, 0.15) is 24.3 Å². The van der Waals surface area contributed by atoms with E-state index in [0.717, 1.165) is 0 Å². The van der Waals surface area contributed by atoms with Gasteiger partial charge in [-0.15, -0.1) is 0 Å². The number of carbonyl (C=O) groups excluding carboxylic acids is 1. The second-order valence-electron chi connectivity index (χ2n) is 4.41. The number of primary sulfonamides is 1. The fourth-order valence-corrected chi connectivity index (χ4v) is 2.40. The Morgan fingerprint density at radius 3 is 2.60 bits per heavy atom. The Hall–Kier alpha value is -1.19. The molecule has 20 heavy (non-hydrogen) atoms. The molecule has 1 aromatic heterocycles. The average molecular weight is 321 g/mol. The van der Waals surface area contributed by atoms with E-state index in [-0.39, 0.29) is 22.4 Å². The first-order valence-corrected chi connectivity index (χ1v) is 9.17. The van der Waals surface area contributed by atoms with E-state index in [4.69, 9.17) is 5.14 Å². The minimum Gasteiger partial charge on any atom is -0.350 e. The summed E-state index contributed by atoms with van der Waals surface area (Å²) in [6.45, 7) is 4.23. The van der Waals surface area contributed by atoms with Gasteiger partial charge in [-0.25, -0.2) is 13.6 Å². The van der Waals surface area contributed by atoms with E-state index in [1.54, 1.807) is 20.1 Å². The number of nitrogens with zero attached hydrogens (tertiary/aromatic N) is 1. The van der Waals surface area contributed by atoms with Gasteiger partial charge in [-0.1, -0.05) is 0 Å². The van der Waals surface area contributed by atoms with Crippen molar-refractivity contribution < 1.29 is 17.4 Å². The topological polar surface area (TPSA) is 111 Å². The smallest absolute Gasteiger partial charge is 0.267 e. The zero-order valence-corrected chi connectivity index (χ0v) is 13.3. The van der Waals surface area contributed by atoms with Crippen molar-refractivity contribution in [2.75, 3.05) is 12.8 Å². The summed E-state index contributed by atoms with van der Waals surface area (Å²) in [5.74, 6) is -0.418. The van der Waals surface area contributed by atoms with Gasteiger partial charge in [0.1, 0.15) is 10.6 Å². The quantitative estimate of drug-likeness (QED) is 0.746. The summed E-state index contributed by atoms with van der Waals surface area (Å²) in [6, 6.07) is 1.24. The maximum atomic E-state index is 12.0. The molecule has 0 aliphatic carbocycles. The van der Waals surface area contributed by atoms with Crippen LogP contribution < -0.4 is 10.5 Å². The lowest BCUT2D eigenvalue weighted by molar-refractivity contribution is 0.0945. The van der Waals surface area contributed by atoms with Gasteiger partial charge in [0.25, 0.3) is 5.91 Å². The van der Waals surface area contributed by atoms with E-state index in [9.17, 15) is 17.4 Å². The standard InChI is InChI=1S/C11H19N3O4S2/c1-4-14-7-9(20(12,17)18)5-10(14)11(15)13-6-8(2)19(3)16/h5,7-8H,4,6H2,1-3H3,(H,13,15)(H2,12,17,18). The number of aryl methyl sites for hydroxylation is 1. The molecule has 0 radical (unpaired) electrons. The van der Waals surface area contributed by atoms with Crippen molar-refractivity contribution >= 4 is 26.7 Å². The first kappa shape index (κ1) is 16.9. The molecule has 0 saturated carbocycles. The monoisotopic (exact) mass is 321 g/mol. The number of rotatable bonds is 6. The first-order chi connectivity index (χ1) is 9.16. The van der Waals surface area contributed by atoms with Gasteiger partial charge in [0.05, 0.1) is 0 Å². The van der Waals surface area contributed by atoms with Crippen molar-refractivity contribution in [3.8, 4) is 0 Å². The second kappa shape index (κ2) is 6.51. The summed E-state index contributed by atoms with van der Waals surface area (Å²) in [6.07, 6.45) is 2.89. The van der Waals surface area contributed by atoms with E-state index in [1.165, 1.54) is 16.8 Å². The number of amides is 1. The molecule has 1 heterocycles. The largest absolute Gasteiger partial charge is 0.350 e. The summed E-state index contributed by atoms with van der Waals surface area (Å²) < 4.78 is 35.3. The highest BCUT2D eigenvalue weighted by molar-refractivity contribution is 7.89. The van der Waals surface area contributed by atoms with Gasteiger partial charge in [-0.05, 0) is 19.9 Å². The van der Waals surface area contributed by atoms with Crippen LogP contribution in [0.5, 0.6) is 0 Å². The molecule has 0 aliphatic heterocycles. The summed E-state index contributed by atoms with van der Waals surface area (Å²) in [7, 11) is -4.88. The molecule has 1 aromatic rings. The predicted molar refractivity (Wildman–Crippen MR) is 77.3 cm³/mol. The molecule has 114 valence electrons. The number of nitrogens with one attached hydrogen (secondary N) is 1. The molecule has 7 nitrogen and oxygen atoms in total. The van der Waals surface area contributed by atoms with Crippen molar-refractivity contribution in [3.63, 3.8) is 0 Å². The Morgan fingerprint density at radius 1 is 1.55 bits per heavy atom. The average Bonchev–Trinajstić information content (AvgIpc) is 2.79.